The van der Waals surface area contributed by atoms with Gasteiger partial charge >= 0.3 is 0 Å². The van der Waals surface area contributed by atoms with E-state index in [9.17, 15) is 4.79 Å². The summed E-state index contributed by atoms with van der Waals surface area (Å²) in [5, 5.41) is 3.00. The molecule has 0 radical (unpaired) electrons. The highest BCUT2D eigenvalue weighted by molar-refractivity contribution is 5.92. The molecule has 0 atom stereocenters. The molecule has 1 amide bonds. The second-order valence-electron chi connectivity index (χ2n) is 4.83. The van der Waals surface area contributed by atoms with E-state index < -0.39 is 0 Å². The second kappa shape index (κ2) is 5.98. The van der Waals surface area contributed by atoms with Gasteiger partial charge in [-0.25, -0.2) is 0 Å². The van der Waals surface area contributed by atoms with E-state index in [-0.39, 0.29) is 5.91 Å². The first kappa shape index (κ1) is 13.1. The Labute approximate surface area is 108 Å². The van der Waals surface area contributed by atoms with Crippen molar-refractivity contribution in [3.8, 4) is 0 Å². The maximum atomic E-state index is 12.0. The van der Waals surface area contributed by atoms with Crippen LogP contribution < -0.4 is 10.2 Å². The highest BCUT2D eigenvalue weighted by Gasteiger charge is 2.17. The van der Waals surface area contributed by atoms with Gasteiger partial charge in [-0.05, 0) is 31.0 Å². The lowest BCUT2D eigenvalue weighted by atomic mass is 10.1. The van der Waals surface area contributed by atoms with Gasteiger partial charge in [-0.1, -0.05) is 12.1 Å². The highest BCUT2D eigenvalue weighted by Crippen LogP contribution is 2.17. The van der Waals surface area contributed by atoms with E-state index in [1.165, 1.54) is 10.5 Å². The van der Waals surface area contributed by atoms with Crippen LogP contribution in [0.3, 0.4) is 0 Å². The number of anilines is 1. The molecule has 1 aliphatic rings. The van der Waals surface area contributed by atoms with Gasteiger partial charge in [0.1, 0.15) is 13.1 Å². The lowest BCUT2D eigenvalue weighted by Gasteiger charge is -2.23. The van der Waals surface area contributed by atoms with E-state index in [0.29, 0.717) is 6.54 Å². The van der Waals surface area contributed by atoms with Crippen molar-refractivity contribution in [3.63, 3.8) is 0 Å². The molecule has 2 rings (SSSR count). The van der Waals surface area contributed by atoms with Gasteiger partial charge in [0.25, 0.3) is 5.91 Å². The summed E-state index contributed by atoms with van der Waals surface area (Å²) in [5.41, 5.74) is 3.27. The third-order valence-corrected chi connectivity index (χ3v) is 3.49. The first-order valence-corrected chi connectivity index (χ1v) is 6.44. The van der Waals surface area contributed by atoms with Crippen LogP contribution in [0.25, 0.3) is 0 Å². The molecule has 4 heteroatoms. The van der Waals surface area contributed by atoms with Crippen LogP contribution >= 0.6 is 0 Å². The fourth-order valence-electron chi connectivity index (χ4n) is 2.14. The fourth-order valence-corrected chi connectivity index (χ4v) is 2.14. The van der Waals surface area contributed by atoms with E-state index in [1.807, 2.05) is 19.1 Å². The second-order valence-corrected chi connectivity index (χ2v) is 4.83. The smallest absolute Gasteiger partial charge is 0.279 e. The quantitative estimate of drug-likeness (QED) is 0.801. The number of nitrogens with one attached hydrogen (secondary N) is 2. The van der Waals surface area contributed by atoms with Crippen LogP contribution in [0.15, 0.2) is 18.2 Å². The van der Waals surface area contributed by atoms with Gasteiger partial charge in [0, 0.05) is 5.69 Å². The molecule has 0 bridgehead atoms. The van der Waals surface area contributed by atoms with Gasteiger partial charge < -0.3 is 15.0 Å². The number of hydrogen-bond donors (Lipinski definition) is 2. The SMILES string of the molecule is Cc1cccc(NC(=O)C[NH+]2CCOCC2)c1C. The monoisotopic (exact) mass is 249 g/mol. The minimum atomic E-state index is 0.0839. The van der Waals surface area contributed by atoms with Crippen LogP contribution in [0.4, 0.5) is 5.69 Å². The Balaban J connectivity index is 1.92. The Kier molecular flexibility index (Phi) is 4.33. The van der Waals surface area contributed by atoms with Gasteiger partial charge in [0.2, 0.25) is 0 Å². The minimum Gasteiger partial charge on any atom is -0.370 e. The summed E-state index contributed by atoms with van der Waals surface area (Å²) in [6.07, 6.45) is 0. The number of morpholine rings is 1. The van der Waals surface area contributed by atoms with Gasteiger partial charge in [-0.2, -0.15) is 0 Å². The number of carbonyl (C=O) groups excluding carboxylic acids is 1. The number of benzene rings is 1. The van der Waals surface area contributed by atoms with E-state index >= 15 is 0 Å². The maximum absolute atomic E-state index is 12.0. The summed E-state index contributed by atoms with van der Waals surface area (Å²) in [4.78, 5) is 13.3. The maximum Gasteiger partial charge on any atom is 0.279 e. The van der Waals surface area contributed by atoms with Crippen LogP contribution in [0.2, 0.25) is 0 Å². The minimum absolute atomic E-state index is 0.0839. The van der Waals surface area contributed by atoms with Crippen molar-refractivity contribution >= 4 is 11.6 Å². The van der Waals surface area contributed by atoms with Gasteiger partial charge in [-0.15, -0.1) is 0 Å². The van der Waals surface area contributed by atoms with Gasteiger partial charge in [0.15, 0.2) is 6.54 Å². The number of rotatable bonds is 3. The van der Waals surface area contributed by atoms with E-state index in [2.05, 4.69) is 18.3 Å². The molecule has 4 nitrogen and oxygen atoms in total. The average Bonchev–Trinajstić information content (AvgIpc) is 2.36. The molecule has 1 aromatic carbocycles. The average molecular weight is 249 g/mol. The van der Waals surface area contributed by atoms with Crippen molar-refractivity contribution in [2.75, 3.05) is 38.2 Å². The molecule has 1 aliphatic heterocycles. The molecule has 2 N–H and O–H groups in total. The summed E-state index contributed by atoms with van der Waals surface area (Å²) in [5.74, 6) is 0.0839. The third-order valence-electron chi connectivity index (χ3n) is 3.49. The molecule has 0 spiro atoms. The van der Waals surface area contributed by atoms with Crippen molar-refractivity contribution in [1.29, 1.82) is 0 Å². The Morgan fingerprint density at radius 3 is 2.78 bits per heavy atom. The zero-order chi connectivity index (χ0) is 13.0. The van der Waals surface area contributed by atoms with Crippen LogP contribution in [0.5, 0.6) is 0 Å². The van der Waals surface area contributed by atoms with E-state index in [1.54, 1.807) is 0 Å². The number of hydrogen-bond acceptors (Lipinski definition) is 2. The first-order chi connectivity index (χ1) is 8.66. The Hall–Kier alpha value is -1.39. The molecular weight excluding hydrogens is 228 g/mol. The summed E-state index contributed by atoms with van der Waals surface area (Å²) in [7, 11) is 0. The lowest BCUT2D eigenvalue weighted by molar-refractivity contribution is -0.899. The van der Waals surface area contributed by atoms with Crippen molar-refractivity contribution < 1.29 is 14.4 Å². The van der Waals surface area contributed by atoms with Crippen molar-refractivity contribution in [1.82, 2.24) is 0 Å². The van der Waals surface area contributed by atoms with Gasteiger partial charge in [0.05, 0.1) is 13.2 Å². The molecule has 1 heterocycles. The normalized spacial score (nSPS) is 16.6. The standard InChI is InChI=1S/C14H20N2O2/c1-11-4-3-5-13(12(11)2)15-14(17)10-16-6-8-18-9-7-16/h3-5H,6-10H2,1-2H3,(H,15,17)/p+1. The van der Waals surface area contributed by atoms with Crippen molar-refractivity contribution in [3.05, 3.63) is 29.3 Å². The van der Waals surface area contributed by atoms with E-state index in [4.69, 9.17) is 4.74 Å². The molecule has 1 fully saturated rings. The Bertz CT molecular complexity index is 426. The van der Waals surface area contributed by atoms with Crippen LogP contribution in [-0.4, -0.2) is 38.8 Å². The number of aryl methyl sites for hydroxylation is 1. The van der Waals surface area contributed by atoms with Crippen molar-refractivity contribution in [2.45, 2.75) is 13.8 Å². The van der Waals surface area contributed by atoms with Crippen LogP contribution in [0, 0.1) is 13.8 Å². The molecule has 0 unspecified atom stereocenters. The molecule has 0 saturated carbocycles. The first-order valence-electron chi connectivity index (χ1n) is 6.44. The summed E-state index contributed by atoms with van der Waals surface area (Å²) < 4.78 is 5.28. The molecular formula is C14H21N2O2+. The topological polar surface area (TPSA) is 42.8 Å². The summed E-state index contributed by atoms with van der Waals surface area (Å²) >= 11 is 0. The van der Waals surface area contributed by atoms with E-state index in [0.717, 1.165) is 37.6 Å². The predicted octanol–water partition coefficient (Wildman–Crippen LogP) is 0.157. The summed E-state index contributed by atoms with van der Waals surface area (Å²) in [6, 6.07) is 5.98. The Morgan fingerprint density at radius 2 is 2.06 bits per heavy atom. The Morgan fingerprint density at radius 1 is 1.33 bits per heavy atom. The van der Waals surface area contributed by atoms with Crippen molar-refractivity contribution in [2.24, 2.45) is 0 Å². The van der Waals surface area contributed by atoms with Crippen LogP contribution in [0.1, 0.15) is 11.1 Å². The number of amides is 1. The number of carbonyl (C=O) groups is 1. The fraction of sp³-hybridized carbons (Fsp3) is 0.500. The molecule has 0 aliphatic carbocycles. The zero-order valence-electron chi connectivity index (χ0n) is 11.1. The number of quaternary nitrogens is 1. The molecule has 98 valence electrons. The predicted molar refractivity (Wildman–Crippen MR) is 70.9 cm³/mol. The zero-order valence-corrected chi connectivity index (χ0v) is 11.1. The summed E-state index contributed by atoms with van der Waals surface area (Å²) in [6.45, 7) is 7.96. The molecule has 1 aromatic rings. The third kappa shape index (κ3) is 3.31. The number of ether oxygens (including phenoxy) is 1. The molecule has 1 saturated heterocycles. The van der Waals surface area contributed by atoms with Crippen LogP contribution in [-0.2, 0) is 9.53 Å². The largest absolute Gasteiger partial charge is 0.370 e. The molecule has 0 aromatic heterocycles. The highest BCUT2D eigenvalue weighted by atomic mass is 16.5. The lowest BCUT2D eigenvalue weighted by Crippen LogP contribution is -3.15. The molecule has 18 heavy (non-hydrogen) atoms. The van der Waals surface area contributed by atoms with Gasteiger partial charge in [-0.3, -0.25) is 4.79 Å².